The van der Waals surface area contributed by atoms with Crippen molar-refractivity contribution in [2.75, 3.05) is 15.8 Å². The van der Waals surface area contributed by atoms with E-state index in [4.69, 9.17) is 0 Å². The molecule has 0 aromatic heterocycles. The molecule has 0 unspecified atom stereocenters. The highest BCUT2D eigenvalue weighted by atomic mass is 32.2. The number of hydrogen-bond donors (Lipinski definition) is 2. The second kappa shape index (κ2) is 7.51. The van der Waals surface area contributed by atoms with E-state index in [2.05, 4.69) is 42.1 Å². The van der Waals surface area contributed by atoms with Gasteiger partial charge in [-0.05, 0) is 61.7 Å². The van der Waals surface area contributed by atoms with Crippen LogP contribution in [0.1, 0.15) is 30.9 Å². The number of anilines is 3. The lowest BCUT2D eigenvalue weighted by Gasteiger charge is -2.12. The molecule has 2 rings (SSSR count). The first kappa shape index (κ1) is 17.3. The zero-order valence-corrected chi connectivity index (χ0v) is 14.7. The highest BCUT2D eigenvalue weighted by Crippen LogP contribution is 2.23. The standard InChI is InChI=1S/C18H24N2O2S/c1-4-5-12-23(21,22)20-17-10-8-16(9-11-17)19-18-13-14(2)6-7-15(18)3/h6-11,13,19-20H,4-5,12H2,1-3H3. The smallest absolute Gasteiger partial charge is 0.232 e. The molecule has 0 saturated carbocycles. The van der Waals surface area contributed by atoms with E-state index >= 15 is 0 Å². The molecule has 2 N–H and O–H groups in total. The van der Waals surface area contributed by atoms with Gasteiger partial charge >= 0.3 is 0 Å². The van der Waals surface area contributed by atoms with Crippen LogP contribution in [-0.4, -0.2) is 14.2 Å². The summed E-state index contributed by atoms with van der Waals surface area (Å²) in [6.45, 7) is 6.08. The van der Waals surface area contributed by atoms with Crippen molar-refractivity contribution >= 4 is 27.1 Å². The molecule has 0 spiro atoms. The molecule has 23 heavy (non-hydrogen) atoms. The fraction of sp³-hybridized carbons (Fsp3) is 0.333. The topological polar surface area (TPSA) is 58.2 Å². The van der Waals surface area contributed by atoms with Gasteiger partial charge in [0.2, 0.25) is 10.0 Å². The number of rotatable bonds is 7. The van der Waals surface area contributed by atoms with Crippen LogP contribution in [0.5, 0.6) is 0 Å². The third-order valence-electron chi connectivity index (χ3n) is 3.60. The van der Waals surface area contributed by atoms with Gasteiger partial charge in [-0.1, -0.05) is 25.5 Å². The molecule has 0 aliphatic carbocycles. The quantitative estimate of drug-likeness (QED) is 0.779. The van der Waals surface area contributed by atoms with E-state index < -0.39 is 10.0 Å². The Bertz CT molecular complexity index is 753. The number of sulfonamides is 1. The van der Waals surface area contributed by atoms with E-state index in [0.717, 1.165) is 17.8 Å². The largest absolute Gasteiger partial charge is 0.355 e. The molecule has 0 atom stereocenters. The first-order valence-electron chi connectivity index (χ1n) is 7.84. The fourth-order valence-electron chi connectivity index (χ4n) is 2.21. The zero-order chi connectivity index (χ0) is 16.9. The predicted molar refractivity (Wildman–Crippen MR) is 98.0 cm³/mol. The number of unbranched alkanes of at least 4 members (excludes halogenated alkanes) is 1. The van der Waals surface area contributed by atoms with Crippen LogP contribution < -0.4 is 10.0 Å². The number of nitrogens with one attached hydrogen (secondary N) is 2. The van der Waals surface area contributed by atoms with Crippen molar-refractivity contribution in [3.8, 4) is 0 Å². The summed E-state index contributed by atoms with van der Waals surface area (Å²) in [4.78, 5) is 0. The lowest BCUT2D eigenvalue weighted by molar-refractivity contribution is 0.598. The highest BCUT2D eigenvalue weighted by Gasteiger charge is 2.09. The Morgan fingerprint density at radius 2 is 1.61 bits per heavy atom. The molecule has 5 heteroatoms. The average molecular weight is 332 g/mol. The van der Waals surface area contributed by atoms with Gasteiger partial charge in [-0.25, -0.2) is 8.42 Å². The van der Waals surface area contributed by atoms with Gasteiger partial charge in [-0.15, -0.1) is 0 Å². The molecular weight excluding hydrogens is 308 g/mol. The molecule has 2 aromatic carbocycles. The van der Waals surface area contributed by atoms with E-state index in [0.29, 0.717) is 12.1 Å². The van der Waals surface area contributed by atoms with Crippen molar-refractivity contribution < 1.29 is 8.42 Å². The van der Waals surface area contributed by atoms with Gasteiger partial charge in [-0.2, -0.15) is 0 Å². The van der Waals surface area contributed by atoms with Crippen molar-refractivity contribution in [2.45, 2.75) is 33.6 Å². The molecule has 0 aliphatic rings. The third-order valence-corrected chi connectivity index (χ3v) is 4.97. The second-order valence-electron chi connectivity index (χ2n) is 5.80. The van der Waals surface area contributed by atoms with Gasteiger partial charge in [-0.3, -0.25) is 4.72 Å². The van der Waals surface area contributed by atoms with Crippen molar-refractivity contribution in [3.05, 3.63) is 53.6 Å². The van der Waals surface area contributed by atoms with Crippen LogP contribution in [0.25, 0.3) is 0 Å². The minimum absolute atomic E-state index is 0.159. The molecule has 4 nitrogen and oxygen atoms in total. The summed E-state index contributed by atoms with van der Waals surface area (Å²) in [5.41, 5.74) is 4.93. The number of hydrogen-bond acceptors (Lipinski definition) is 3. The summed E-state index contributed by atoms with van der Waals surface area (Å²) in [7, 11) is -3.25. The third kappa shape index (κ3) is 5.28. The van der Waals surface area contributed by atoms with Crippen LogP contribution in [0.4, 0.5) is 17.1 Å². The minimum Gasteiger partial charge on any atom is -0.355 e. The molecule has 0 bridgehead atoms. The van der Waals surface area contributed by atoms with E-state index in [1.54, 1.807) is 12.1 Å². The minimum atomic E-state index is -3.25. The Kier molecular flexibility index (Phi) is 5.66. The summed E-state index contributed by atoms with van der Waals surface area (Å²) in [6.07, 6.45) is 1.53. The van der Waals surface area contributed by atoms with Crippen molar-refractivity contribution in [1.82, 2.24) is 0 Å². The summed E-state index contributed by atoms with van der Waals surface area (Å²) >= 11 is 0. The molecule has 0 heterocycles. The lowest BCUT2D eigenvalue weighted by atomic mass is 10.1. The maximum Gasteiger partial charge on any atom is 0.232 e. The van der Waals surface area contributed by atoms with Crippen LogP contribution in [0.2, 0.25) is 0 Å². The van der Waals surface area contributed by atoms with Gasteiger partial charge in [0, 0.05) is 17.1 Å². The molecule has 0 aliphatic heterocycles. The normalized spacial score (nSPS) is 11.3. The van der Waals surface area contributed by atoms with Gasteiger partial charge in [0.15, 0.2) is 0 Å². The summed E-state index contributed by atoms with van der Waals surface area (Å²) in [5.74, 6) is 0.159. The predicted octanol–water partition coefficient (Wildman–Crippen LogP) is 4.59. The van der Waals surface area contributed by atoms with Crippen LogP contribution in [-0.2, 0) is 10.0 Å². The maximum atomic E-state index is 11.9. The highest BCUT2D eigenvalue weighted by molar-refractivity contribution is 7.92. The van der Waals surface area contributed by atoms with E-state index in [1.807, 2.05) is 19.1 Å². The second-order valence-corrected chi connectivity index (χ2v) is 7.64. The van der Waals surface area contributed by atoms with Crippen molar-refractivity contribution in [2.24, 2.45) is 0 Å². The molecular formula is C18H24N2O2S. The summed E-state index contributed by atoms with van der Waals surface area (Å²) < 4.78 is 26.4. The molecule has 0 amide bonds. The Morgan fingerprint density at radius 1 is 0.957 bits per heavy atom. The lowest BCUT2D eigenvalue weighted by Crippen LogP contribution is -2.16. The van der Waals surface area contributed by atoms with Crippen LogP contribution in [0.3, 0.4) is 0 Å². The summed E-state index contributed by atoms with van der Waals surface area (Å²) in [5, 5.41) is 3.36. The molecule has 0 fully saturated rings. The average Bonchev–Trinajstić information content (AvgIpc) is 2.51. The molecule has 124 valence electrons. The van der Waals surface area contributed by atoms with Gasteiger partial charge in [0.05, 0.1) is 5.75 Å². The monoisotopic (exact) mass is 332 g/mol. The van der Waals surface area contributed by atoms with Gasteiger partial charge < -0.3 is 5.32 Å². The van der Waals surface area contributed by atoms with Gasteiger partial charge in [0.1, 0.15) is 0 Å². The van der Waals surface area contributed by atoms with Crippen molar-refractivity contribution in [3.63, 3.8) is 0 Å². The Morgan fingerprint density at radius 3 is 2.26 bits per heavy atom. The Labute approximate surface area is 139 Å². The fourth-order valence-corrected chi connectivity index (χ4v) is 3.48. The Balaban J connectivity index is 2.06. The van der Waals surface area contributed by atoms with Crippen LogP contribution in [0.15, 0.2) is 42.5 Å². The molecule has 2 aromatic rings. The van der Waals surface area contributed by atoms with Crippen LogP contribution >= 0.6 is 0 Å². The Hall–Kier alpha value is -2.01. The van der Waals surface area contributed by atoms with Crippen LogP contribution in [0, 0.1) is 13.8 Å². The van der Waals surface area contributed by atoms with E-state index in [1.165, 1.54) is 11.1 Å². The number of aryl methyl sites for hydroxylation is 2. The van der Waals surface area contributed by atoms with Gasteiger partial charge in [0.25, 0.3) is 0 Å². The molecule has 0 saturated heterocycles. The van der Waals surface area contributed by atoms with E-state index in [9.17, 15) is 8.42 Å². The van der Waals surface area contributed by atoms with E-state index in [-0.39, 0.29) is 5.75 Å². The first-order chi connectivity index (χ1) is 10.9. The maximum absolute atomic E-state index is 11.9. The SMILES string of the molecule is CCCCS(=O)(=O)Nc1ccc(Nc2cc(C)ccc2C)cc1. The first-order valence-corrected chi connectivity index (χ1v) is 9.49. The zero-order valence-electron chi connectivity index (χ0n) is 13.9. The number of benzene rings is 2. The summed E-state index contributed by atoms with van der Waals surface area (Å²) in [6, 6.07) is 13.5. The molecule has 0 radical (unpaired) electrons. The van der Waals surface area contributed by atoms with Crippen molar-refractivity contribution in [1.29, 1.82) is 0 Å².